The Kier molecular flexibility index (Phi) is 5.35. The normalized spacial score (nSPS) is 20.5. The van der Waals surface area contributed by atoms with E-state index < -0.39 is 10.0 Å². The standard InChI is InChI=1S/C14H24ClN3O2S/c1-4-17(5-2)12-6-7-18(10-12)21(19,20)14-8-13(9-15)16(3)11-14/h8,11-12H,4-7,9-10H2,1-3H3. The predicted octanol–water partition coefficient (Wildman–Crippen LogP) is 1.87. The van der Waals surface area contributed by atoms with Gasteiger partial charge in [0.05, 0.1) is 5.88 Å². The van der Waals surface area contributed by atoms with Crippen LogP contribution in [0.4, 0.5) is 0 Å². The predicted molar refractivity (Wildman–Crippen MR) is 85.1 cm³/mol. The Morgan fingerprint density at radius 3 is 2.57 bits per heavy atom. The fourth-order valence-electron chi connectivity index (χ4n) is 2.97. The third kappa shape index (κ3) is 3.28. The van der Waals surface area contributed by atoms with Crippen molar-refractivity contribution >= 4 is 21.6 Å². The molecule has 1 aromatic heterocycles. The third-order valence-electron chi connectivity index (χ3n) is 4.31. The topological polar surface area (TPSA) is 45.6 Å². The molecule has 5 nitrogen and oxygen atoms in total. The minimum atomic E-state index is -3.41. The second kappa shape index (κ2) is 6.69. The molecule has 120 valence electrons. The zero-order valence-corrected chi connectivity index (χ0v) is 14.5. The number of nitrogens with zero attached hydrogens (tertiary/aromatic N) is 3. The highest BCUT2D eigenvalue weighted by molar-refractivity contribution is 7.89. The Morgan fingerprint density at radius 2 is 2.05 bits per heavy atom. The number of aromatic nitrogens is 1. The molecule has 0 saturated carbocycles. The molecule has 1 saturated heterocycles. The minimum Gasteiger partial charge on any atom is -0.352 e. The van der Waals surface area contributed by atoms with Crippen LogP contribution < -0.4 is 0 Å². The van der Waals surface area contributed by atoms with Gasteiger partial charge in [-0.1, -0.05) is 13.8 Å². The van der Waals surface area contributed by atoms with Gasteiger partial charge in [0.1, 0.15) is 4.90 Å². The minimum absolute atomic E-state index is 0.314. The van der Waals surface area contributed by atoms with Crippen LogP contribution in [0.1, 0.15) is 26.0 Å². The maximum atomic E-state index is 12.7. The lowest BCUT2D eigenvalue weighted by Gasteiger charge is -2.25. The Hall–Kier alpha value is -0.560. The zero-order chi connectivity index (χ0) is 15.6. The van der Waals surface area contributed by atoms with Crippen LogP contribution in [0.5, 0.6) is 0 Å². The summed E-state index contributed by atoms with van der Waals surface area (Å²) in [6.45, 7) is 7.31. The van der Waals surface area contributed by atoms with E-state index in [9.17, 15) is 8.42 Å². The number of hydrogen-bond donors (Lipinski definition) is 0. The summed E-state index contributed by atoms with van der Waals surface area (Å²) in [6.07, 6.45) is 2.55. The molecule has 1 fully saturated rings. The second-order valence-corrected chi connectivity index (χ2v) is 7.64. The van der Waals surface area contributed by atoms with E-state index in [-0.39, 0.29) is 0 Å². The van der Waals surface area contributed by atoms with Gasteiger partial charge in [0.15, 0.2) is 0 Å². The highest BCUT2D eigenvalue weighted by Gasteiger charge is 2.35. The van der Waals surface area contributed by atoms with E-state index in [1.54, 1.807) is 21.1 Å². The molecule has 7 heteroatoms. The van der Waals surface area contributed by atoms with Crippen molar-refractivity contribution in [2.75, 3.05) is 26.2 Å². The Bertz CT molecular complexity index is 581. The first-order valence-electron chi connectivity index (χ1n) is 7.39. The van der Waals surface area contributed by atoms with Gasteiger partial charge in [0, 0.05) is 38.1 Å². The van der Waals surface area contributed by atoms with Gasteiger partial charge in [-0.2, -0.15) is 4.31 Å². The maximum absolute atomic E-state index is 12.7. The van der Waals surface area contributed by atoms with Gasteiger partial charge in [-0.05, 0) is 25.6 Å². The number of sulfonamides is 1. The summed E-state index contributed by atoms with van der Waals surface area (Å²) in [7, 11) is -1.59. The highest BCUT2D eigenvalue weighted by atomic mass is 35.5. The van der Waals surface area contributed by atoms with Crippen LogP contribution in [0, 0.1) is 0 Å². The zero-order valence-electron chi connectivity index (χ0n) is 12.9. The number of likely N-dealkylation sites (N-methyl/N-ethyl adjacent to an activating group) is 1. The van der Waals surface area contributed by atoms with E-state index in [0.29, 0.717) is 29.9 Å². The van der Waals surface area contributed by atoms with Gasteiger partial charge in [-0.25, -0.2) is 8.42 Å². The van der Waals surface area contributed by atoms with E-state index in [2.05, 4.69) is 18.7 Å². The molecule has 0 aliphatic carbocycles. The van der Waals surface area contributed by atoms with Gasteiger partial charge in [-0.15, -0.1) is 11.6 Å². The average molecular weight is 334 g/mol. The van der Waals surface area contributed by atoms with Crippen molar-refractivity contribution in [2.45, 2.75) is 37.1 Å². The first-order valence-corrected chi connectivity index (χ1v) is 9.36. The maximum Gasteiger partial charge on any atom is 0.244 e. The van der Waals surface area contributed by atoms with Crippen LogP contribution in [0.25, 0.3) is 0 Å². The summed E-state index contributed by atoms with van der Waals surface area (Å²) in [5, 5.41) is 0. The summed E-state index contributed by atoms with van der Waals surface area (Å²) in [6, 6.07) is 2.00. The van der Waals surface area contributed by atoms with Gasteiger partial charge in [0.2, 0.25) is 10.0 Å². The van der Waals surface area contributed by atoms with Crippen molar-refractivity contribution < 1.29 is 8.42 Å². The number of alkyl halides is 1. The quantitative estimate of drug-likeness (QED) is 0.747. The van der Waals surface area contributed by atoms with Gasteiger partial charge >= 0.3 is 0 Å². The first-order chi connectivity index (χ1) is 9.93. The SMILES string of the molecule is CCN(CC)C1CCN(S(=O)(=O)c2cc(CCl)n(C)c2)C1. The summed E-state index contributed by atoms with van der Waals surface area (Å²) in [5.41, 5.74) is 0.815. The Balaban J connectivity index is 2.17. The van der Waals surface area contributed by atoms with E-state index in [0.717, 1.165) is 25.2 Å². The van der Waals surface area contributed by atoms with Crippen LogP contribution in [-0.4, -0.2) is 54.4 Å². The van der Waals surface area contributed by atoms with Crippen molar-refractivity contribution in [3.63, 3.8) is 0 Å². The van der Waals surface area contributed by atoms with Gasteiger partial charge in [-0.3, -0.25) is 4.90 Å². The summed E-state index contributed by atoms with van der Waals surface area (Å²) < 4.78 is 28.8. The van der Waals surface area contributed by atoms with Crippen LogP contribution in [0.3, 0.4) is 0 Å². The van der Waals surface area contributed by atoms with Crippen LogP contribution in [0.2, 0.25) is 0 Å². The highest BCUT2D eigenvalue weighted by Crippen LogP contribution is 2.25. The molecular formula is C14H24ClN3O2S. The van der Waals surface area contributed by atoms with E-state index in [1.165, 1.54) is 0 Å². The number of rotatable bonds is 6. The number of halogens is 1. The molecule has 0 bridgehead atoms. The average Bonchev–Trinajstić information content (AvgIpc) is 3.07. The molecule has 21 heavy (non-hydrogen) atoms. The molecule has 1 aliphatic heterocycles. The van der Waals surface area contributed by atoms with Crippen LogP contribution >= 0.6 is 11.6 Å². The van der Waals surface area contributed by atoms with Gasteiger partial charge < -0.3 is 4.57 Å². The number of hydrogen-bond acceptors (Lipinski definition) is 3. The Morgan fingerprint density at radius 1 is 1.38 bits per heavy atom. The van der Waals surface area contributed by atoms with Crippen LogP contribution in [0.15, 0.2) is 17.2 Å². The molecule has 0 spiro atoms. The molecule has 1 atom stereocenters. The molecule has 1 aromatic rings. The Labute approximate surface area is 132 Å². The molecule has 0 amide bonds. The van der Waals surface area contributed by atoms with E-state index in [1.807, 2.05) is 7.05 Å². The molecule has 0 N–H and O–H groups in total. The molecule has 1 unspecified atom stereocenters. The molecule has 0 aromatic carbocycles. The molecule has 2 heterocycles. The lowest BCUT2D eigenvalue weighted by atomic mass is 10.2. The fraction of sp³-hybridized carbons (Fsp3) is 0.714. The smallest absolute Gasteiger partial charge is 0.244 e. The summed E-state index contributed by atoms with van der Waals surface area (Å²) in [5.74, 6) is 0.314. The van der Waals surface area contributed by atoms with Crippen molar-refractivity contribution in [3.8, 4) is 0 Å². The lowest BCUT2D eigenvalue weighted by molar-refractivity contribution is 0.224. The molecule has 0 radical (unpaired) electrons. The molecule has 1 aliphatic rings. The molecule has 2 rings (SSSR count). The van der Waals surface area contributed by atoms with E-state index in [4.69, 9.17) is 11.6 Å². The van der Waals surface area contributed by atoms with E-state index >= 15 is 0 Å². The monoisotopic (exact) mass is 333 g/mol. The first kappa shape index (κ1) is 16.8. The third-order valence-corrected chi connectivity index (χ3v) is 6.42. The second-order valence-electron chi connectivity index (χ2n) is 5.44. The van der Waals surface area contributed by atoms with Crippen molar-refractivity contribution in [2.24, 2.45) is 7.05 Å². The largest absolute Gasteiger partial charge is 0.352 e. The van der Waals surface area contributed by atoms with Crippen molar-refractivity contribution in [1.29, 1.82) is 0 Å². The molecular weight excluding hydrogens is 310 g/mol. The summed E-state index contributed by atoms with van der Waals surface area (Å²) in [4.78, 5) is 2.67. The van der Waals surface area contributed by atoms with Crippen LogP contribution in [-0.2, 0) is 23.0 Å². The number of aryl methyl sites for hydroxylation is 1. The van der Waals surface area contributed by atoms with Gasteiger partial charge in [0.25, 0.3) is 0 Å². The lowest BCUT2D eigenvalue weighted by Crippen LogP contribution is -2.38. The summed E-state index contributed by atoms with van der Waals surface area (Å²) >= 11 is 5.82. The fourth-order valence-corrected chi connectivity index (χ4v) is 4.82. The van der Waals surface area contributed by atoms with Crippen molar-refractivity contribution in [1.82, 2.24) is 13.8 Å². The van der Waals surface area contributed by atoms with Crippen molar-refractivity contribution in [3.05, 3.63) is 18.0 Å².